The lowest BCUT2D eigenvalue weighted by molar-refractivity contribution is 0.340. The van der Waals surface area contributed by atoms with Gasteiger partial charge < -0.3 is 9.47 Å². The van der Waals surface area contributed by atoms with Gasteiger partial charge in [0.2, 0.25) is 5.88 Å². The van der Waals surface area contributed by atoms with Crippen molar-refractivity contribution in [1.82, 2.24) is 4.98 Å². The van der Waals surface area contributed by atoms with Crippen molar-refractivity contribution in [3.8, 4) is 22.9 Å². The van der Waals surface area contributed by atoms with Crippen LogP contribution in [-0.2, 0) is 0 Å². The first kappa shape index (κ1) is 12.4. The van der Waals surface area contributed by atoms with Gasteiger partial charge in [0.05, 0.1) is 19.4 Å². The third-order valence-corrected chi connectivity index (χ3v) is 2.73. The topological polar surface area (TPSA) is 31.4 Å². The van der Waals surface area contributed by atoms with E-state index < -0.39 is 0 Å². The number of rotatable bonds is 4. The smallest absolute Gasteiger partial charge is 0.213 e. The number of ether oxygens (including phenoxy) is 2. The van der Waals surface area contributed by atoms with Crippen LogP contribution in [0.1, 0.15) is 12.5 Å². The molecule has 1 aromatic carbocycles. The lowest BCUT2D eigenvalue weighted by Gasteiger charge is -2.09. The molecule has 0 amide bonds. The minimum atomic E-state index is 0.619. The van der Waals surface area contributed by atoms with Crippen LogP contribution in [0.25, 0.3) is 11.3 Å². The molecule has 0 atom stereocenters. The van der Waals surface area contributed by atoms with Crippen molar-refractivity contribution >= 4 is 0 Å². The van der Waals surface area contributed by atoms with Crippen LogP contribution in [0.2, 0.25) is 0 Å². The van der Waals surface area contributed by atoms with E-state index in [4.69, 9.17) is 9.47 Å². The average molecular weight is 243 g/mol. The third kappa shape index (κ3) is 2.62. The Morgan fingerprint density at radius 3 is 2.72 bits per heavy atom. The number of aryl methyl sites for hydroxylation is 1. The highest BCUT2D eigenvalue weighted by atomic mass is 16.5. The summed E-state index contributed by atoms with van der Waals surface area (Å²) < 4.78 is 10.7. The summed E-state index contributed by atoms with van der Waals surface area (Å²) in [5.74, 6) is 1.48. The van der Waals surface area contributed by atoms with Crippen molar-refractivity contribution in [3.05, 3.63) is 42.0 Å². The Bertz CT molecular complexity index is 538. The summed E-state index contributed by atoms with van der Waals surface area (Å²) >= 11 is 0. The van der Waals surface area contributed by atoms with Gasteiger partial charge in [-0.3, -0.25) is 0 Å². The monoisotopic (exact) mass is 243 g/mol. The molecule has 1 heterocycles. The Morgan fingerprint density at radius 1 is 1.17 bits per heavy atom. The summed E-state index contributed by atoms with van der Waals surface area (Å²) in [7, 11) is 1.62. The molecule has 0 radical (unpaired) electrons. The summed E-state index contributed by atoms with van der Waals surface area (Å²) in [6.07, 6.45) is 0. The minimum absolute atomic E-state index is 0.619. The van der Waals surface area contributed by atoms with Crippen LogP contribution in [0.4, 0.5) is 0 Å². The van der Waals surface area contributed by atoms with Crippen molar-refractivity contribution in [2.24, 2.45) is 0 Å². The van der Waals surface area contributed by atoms with E-state index >= 15 is 0 Å². The molecule has 94 valence electrons. The molecule has 2 aromatic rings. The van der Waals surface area contributed by atoms with Crippen LogP contribution in [-0.4, -0.2) is 18.7 Å². The number of benzene rings is 1. The Kier molecular flexibility index (Phi) is 3.82. The van der Waals surface area contributed by atoms with Gasteiger partial charge in [0.15, 0.2) is 0 Å². The highest BCUT2D eigenvalue weighted by Crippen LogP contribution is 2.27. The fraction of sp³-hybridized carbons (Fsp3) is 0.267. The van der Waals surface area contributed by atoms with Gasteiger partial charge in [-0.15, -0.1) is 0 Å². The zero-order chi connectivity index (χ0) is 13.0. The largest absolute Gasteiger partial charge is 0.494 e. The molecule has 0 aliphatic heterocycles. The van der Waals surface area contributed by atoms with E-state index in [2.05, 4.69) is 11.9 Å². The van der Waals surface area contributed by atoms with E-state index in [0.29, 0.717) is 12.5 Å². The van der Waals surface area contributed by atoms with Crippen LogP contribution in [0.15, 0.2) is 36.4 Å². The maximum atomic E-state index is 5.52. The molecule has 1 aromatic heterocycles. The van der Waals surface area contributed by atoms with E-state index in [-0.39, 0.29) is 0 Å². The second-order valence-corrected chi connectivity index (χ2v) is 3.97. The van der Waals surface area contributed by atoms with Crippen LogP contribution < -0.4 is 9.47 Å². The van der Waals surface area contributed by atoms with E-state index in [1.54, 1.807) is 7.11 Å². The highest BCUT2D eigenvalue weighted by molar-refractivity contribution is 5.65. The summed E-state index contributed by atoms with van der Waals surface area (Å²) in [6, 6.07) is 11.8. The van der Waals surface area contributed by atoms with Gasteiger partial charge in [0, 0.05) is 11.6 Å². The molecule has 0 aliphatic rings. The molecule has 3 nitrogen and oxygen atoms in total. The predicted molar refractivity (Wildman–Crippen MR) is 72.1 cm³/mol. The van der Waals surface area contributed by atoms with Gasteiger partial charge in [-0.1, -0.05) is 12.1 Å². The van der Waals surface area contributed by atoms with Crippen LogP contribution in [0.5, 0.6) is 11.6 Å². The molecule has 0 saturated carbocycles. The molecule has 0 N–H and O–H groups in total. The van der Waals surface area contributed by atoms with Crippen molar-refractivity contribution in [2.75, 3.05) is 13.7 Å². The van der Waals surface area contributed by atoms with Crippen molar-refractivity contribution in [1.29, 1.82) is 0 Å². The van der Waals surface area contributed by atoms with Crippen LogP contribution in [0, 0.1) is 6.92 Å². The molecule has 0 bridgehead atoms. The first-order valence-electron chi connectivity index (χ1n) is 5.99. The van der Waals surface area contributed by atoms with E-state index in [1.165, 1.54) is 5.56 Å². The second kappa shape index (κ2) is 5.54. The fourth-order valence-corrected chi connectivity index (χ4v) is 1.81. The normalized spacial score (nSPS) is 10.2. The van der Waals surface area contributed by atoms with Gasteiger partial charge in [-0.05, 0) is 37.6 Å². The first-order chi connectivity index (χ1) is 8.74. The number of aromatic nitrogens is 1. The maximum Gasteiger partial charge on any atom is 0.213 e. The maximum absolute atomic E-state index is 5.52. The molecular formula is C15H17NO2. The third-order valence-electron chi connectivity index (χ3n) is 2.73. The average Bonchev–Trinajstić information content (AvgIpc) is 2.41. The summed E-state index contributed by atoms with van der Waals surface area (Å²) in [5.41, 5.74) is 3.13. The van der Waals surface area contributed by atoms with Crippen molar-refractivity contribution in [3.63, 3.8) is 0 Å². The summed E-state index contributed by atoms with van der Waals surface area (Å²) in [4.78, 5) is 4.45. The van der Waals surface area contributed by atoms with E-state index in [0.717, 1.165) is 17.0 Å². The zero-order valence-corrected chi connectivity index (χ0v) is 10.9. The Morgan fingerprint density at radius 2 is 2.00 bits per heavy atom. The predicted octanol–water partition coefficient (Wildman–Crippen LogP) is 3.46. The summed E-state index contributed by atoms with van der Waals surface area (Å²) in [6.45, 7) is 4.70. The molecule has 2 rings (SSSR count). The Hall–Kier alpha value is -2.03. The zero-order valence-electron chi connectivity index (χ0n) is 10.9. The lowest BCUT2D eigenvalue weighted by Crippen LogP contribution is -1.94. The highest BCUT2D eigenvalue weighted by Gasteiger charge is 2.06. The van der Waals surface area contributed by atoms with Crippen LogP contribution >= 0.6 is 0 Å². The number of nitrogens with zero attached hydrogens (tertiary/aromatic N) is 1. The van der Waals surface area contributed by atoms with Gasteiger partial charge in [0.25, 0.3) is 0 Å². The standard InChI is InChI=1S/C15H17NO2/c1-4-18-12-9-8-11(2)13(10-12)14-6-5-7-15(16-14)17-3/h5-10H,4H2,1-3H3. The van der Waals surface area contributed by atoms with Crippen molar-refractivity contribution < 1.29 is 9.47 Å². The molecule has 0 saturated heterocycles. The molecule has 0 aliphatic carbocycles. The molecule has 0 spiro atoms. The molecule has 3 heteroatoms. The first-order valence-corrected chi connectivity index (χ1v) is 5.99. The van der Waals surface area contributed by atoms with E-state index in [1.807, 2.05) is 43.3 Å². The van der Waals surface area contributed by atoms with Gasteiger partial charge in [-0.2, -0.15) is 0 Å². The number of methoxy groups -OCH3 is 1. The van der Waals surface area contributed by atoms with Gasteiger partial charge in [0.1, 0.15) is 5.75 Å². The lowest BCUT2D eigenvalue weighted by atomic mass is 10.0. The number of hydrogen-bond donors (Lipinski definition) is 0. The Balaban J connectivity index is 2.44. The fourth-order valence-electron chi connectivity index (χ4n) is 1.81. The molecule has 18 heavy (non-hydrogen) atoms. The van der Waals surface area contributed by atoms with Crippen molar-refractivity contribution in [2.45, 2.75) is 13.8 Å². The quantitative estimate of drug-likeness (QED) is 0.824. The van der Waals surface area contributed by atoms with Gasteiger partial charge >= 0.3 is 0 Å². The molecule has 0 fully saturated rings. The molecule has 0 unspecified atom stereocenters. The van der Waals surface area contributed by atoms with Gasteiger partial charge in [-0.25, -0.2) is 4.98 Å². The Labute approximate surface area is 107 Å². The second-order valence-electron chi connectivity index (χ2n) is 3.97. The van der Waals surface area contributed by atoms with Crippen LogP contribution in [0.3, 0.4) is 0 Å². The molecular weight excluding hydrogens is 226 g/mol. The van der Waals surface area contributed by atoms with E-state index in [9.17, 15) is 0 Å². The SMILES string of the molecule is CCOc1ccc(C)c(-c2cccc(OC)n2)c1. The summed E-state index contributed by atoms with van der Waals surface area (Å²) in [5, 5.41) is 0. The number of hydrogen-bond acceptors (Lipinski definition) is 3. The minimum Gasteiger partial charge on any atom is -0.494 e. The number of pyridine rings is 1.